The molecule has 0 N–H and O–H groups in total. The number of amidine groups is 1. The molecule has 36 heavy (non-hydrogen) atoms. The van der Waals surface area contributed by atoms with E-state index in [-0.39, 0.29) is 5.91 Å². The van der Waals surface area contributed by atoms with Crippen LogP contribution in [0.25, 0.3) is 28.1 Å². The maximum atomic E-state index is 12.6. The second kappa shape index (κ2) is 10.1. The zero-order valence-electron chi connectivity index (χ0n) is 20.7. The number of carbonyl (C=O) groups excluding carboxylic acids is 1. The molecule has 0 saturated carbocycles. The lowest BCUT2D eigenvalue weighted by Crippen LogP contribution is -2.46. The number of amides is 1. The van der Waals surface area contributed by atoms with Gasteiger partial charge in [-0.2, -0.15) is 4.99 Å². The van der Waals surface area contributed by atoms with E-state index in [9.17, 15) is 4.79 Å². The molecule has 7 heteroatoms. The maximum Gasteiger partial charge on any atom is 0.286 e. The third kappa shape index (κ3) is 4.65. The van der Waals surface area contributed by atoms with Crippen molar-refractivity contribution in [3.63, 3.8) is 0 Å². The van der Waals surface area contributed by atoms with Gasteiger partial charge in [-0.15, -0.1) is 0 Å². The van der Waals surface area contributed by atoms with Crippen LogP contribution < -0.4 is 4.90 Å². The van der Waals surface area contributed by atoms with Crippen LogP contribution in [0.5, 0.6) is 0 Å². The predicted octanol–water partition coefficient (Wildman–Crippen LogP) is 5.11. The average Bonchev–Trinajstić information content (AvgIpc) is 3.59. The Bertz CT molecular complexity index is 1340. The van der Waals surface area contributed by atoms with Crippen molar-refractivity contribution in [2.24, 2.45) is 4.99 Å². The van der Waals surface area contributed by atoms with E-state index in [2.05, 4.69) is 68.0 Å². The molecule has 3 aliphatic heterocycles. The Balaban J connectivity index is 1.25. The largest absolute Gasteiger partial charge is 0.369 e. The number of aromatic nitrogens is 1. The van der Waals surface area contributed by atoms with Gasteiger partial charge in [-0.1, -0.05) is 25.1 Å². The predicted molar refractivity (Wildman–Crippen MR) is 150 cm³/mol. The molecule has 2 saturated heterocycles. The van der Waals surface area contributed by atoms with Crippen LogP contribution in [0, 0.1) is 0 Å². The van der Waals surface area contributed by atoms with Crippen molar-refractivity contribution >= 4 is 45.5 Å². The van der Waals surface area contributed by atoms with Gasteiger partial charge in [0.15, 0.2) is 5.17 Å². The molecule has 6 rings (SSSR count). The molecule has 0 aliphatic carbocycles. The highest BCUT2D eigenvalue weighted by atomic mass is 32.2. The minimum Gasteiger partial charge on any atom is -0.369 e. The van der Waals surface area contributed by atoms with Crippen molar-refractivity contribution in [1.29, 1.82) is 0 Å². The van der Waals surface area contributed by atoms with Crippen LogP contribution in [-0.2, 0) is 4.79 Å². The second-order valence-electron chi connectivity index (χ2n) is 9.61. The summed E-state index contributed by atoms with van der Waals surface area (Å²) in [5.74, 6) is -0.135. The molecular weight excluding hydrogens is 466 g/mol. The zero-order chi connectivity index (χ0) is 24.5. The molecule has 0 spiro atoms. The lowest BCUT2D eigenvalue weighted by Gasteiger charge is -2.35. The number of piperazine rings is 1. The smallest absolute Gasteiger partial charge is 0.286 e. The van der Waals surface area contributed by atoms with Crippen molar-refractivity contribution in [3.05, 3.63) is 65.2 Å². The fraction of sp³-hybridized carbons (Fsp3) is 0.345. The van der Waals surface area contributed by atoms with E-state index < -0.39 is 0 Å². The van der Waals surface area contributed by atoms with E-state index in [1.54, 1.807) is 0 Å². The summed E-state index contributed by atoms with van der Waals surface area (Å²) in [5, 5.41) is 1.94. The first kappa shape index (κ1) is 23.3. The number of carbonyl (C=O) groups is 1. The first-order valence-corrected chi connectivity index (χ1v) is 13.7. The molecule has 0 atom stereocenters. The van der Waals surface area contributed by atoms with Crippen molar-refractivity contribution in [3.8, 4) is 11.1 Å². The van der Waals surface area contributed by atoms with Gasteiger partial charge >= 0.3 is 0 Å². The average molecular weight is 498 g/mol. The molecule has 2 aromatic carbocycles. The fourth-order valence-corrected chi connectivity index (χ4v) is 6.24. The SMILES string of the molecule is CCN1CCN(c2ccc(-c3ccnc4ccc(/C=C5\SC(N6CCCC6)=NC5=O)cc34)cc2)CC1. The summed E-state index contributed by atoms with van der Waals surface area (Å²) in [6.45, 7) is 9.73. The molecule has 1 aromatic heterocycles. The van der Waals surface area contributed by atoms with Gasteiger partial charge < -0.3 is 14.7 Å². The standard InChI is InChI=1S/C29H31N5OS/c1-2-32-15-17-33(18-16-32)23-8-6-22(7-9-23)24-11-12-30-26-10-5-21(19-25(24)26)20-27-28(35)31-29(36-27)34-13-3-4-14-34/h5-12,19-20H,2-4,13-18H2,1H3/b27-20-. The summed E-state index contributed by atoms with van der Waals surface area (Å²) in [7, 11) is 0. The van der Waals surface area contributed by atoms with E-state index in [0.29, 0.717) is 4.91 Å². The molecule has 0 bridgehead atoms. The van der Waals surface area contributed by atoms with Gasteiger partial charge in [0.2, 0.25) is 0 Å². The number of rotatable bonds is 4. The van der Waals surface area contributed by atoms with Crippen LogP contribution in [0.2, 0.25) is 0 Å². The summed E-state index contributed by atoms with van der Waals surface area (Å²) in [6, 6.07) is 17.2. The number of anilines is 1. The van der Waals surface area contributed by atoms with E-state index >= 15 is 0 Å². The molecule has 6 nitrogen and oxygen atoms in total. The number of fused-ring (bicyclic) bond motifs is 1. The van der Waals surface area contributed by atoms with Crippen LogP contribution in [0.15, 0.2) is 64.6 Å². The minimum absolute atomic E-state index is 0.135. The fourth-order valence-electron chi connectivity index (χ4n) is 5.27. The highest BCUT2D eigenvalue weighted by Crippen LogP contribution is 2.34. The van der Waals surface area contributed by atoms with Crippen LogP contribution in [0.1, 0.15) is 25.3 Å². The Morgan fingerprint density at radius 2 is 1.69 bits per heavy atom. The lowest BCUT2D eigenvalue weighted by molar-refractivity contribution is -0.113. The maximum absolute atomic E-state index is 12.6. The number of nitrogens with zero attached hydrogens (tertiary/aromatic N) is 5. The quantitative estimate of drug-likeness (QED) is 0.467. The number of hydrogen-bond acceptors (Lipinski definition) is 6. The van der Waals surface area contributed by atoms with Gasteiger partial charge in [0.1, 0.15) is 0 Å². The van der Waals surface area contributed by atoms with Gasteiger partial charge in [0.05, 0.1) is 10.4 Å². The summed E-state index contributed by atoms with van der Waals surface area (Å²) in [5.41, 5.74) is 5.56. The van der Waals surface area contributed by atoms with Crippen molar-refractivity contribution in [2.45, 2.75) is 19.8 Å². The number of aliphatic imine (C=N–C) groups is 1. The number of likely N-dealkylation sites (N-methyl/N-ethyl adjacent to an activating group) is 1. The monoisotopic (exact) mass is 497 g/mol. The molecule has 4 heterocycles. The summed E-state index contributed by atoms with van der Waals surface area (Å²) in [4.78, 5) is 29.4. The first-order valence-electron chi connectivity index (χ1n) is 12.9. The van der Waals surface area contributed by atoms with Gasteiger partial charge in [-0.3, -0.25) is 9.78 Å². The summed E-state index contributed by atoms with van der Waals surface area (Å²) < 4.78 is 0. The Morgan fingerprint density at radius 3 is 2.44 bits per heavy atom. The topological polar surface area (TPSA) is 52.0 Å². The van der Waals surface area contributed by atoms with E-state index in [1.807, 2.05) is 24.4 Å². The molecule has 3 aromatic rings. The number of pyridine rings is 1. The van der Waals surface area contributed by atoms with Crippen LogP contribution in [0.3, 0.4) is 0 Å². The van der Waals surface area contributed by atoms with E-state index in [1.165, 1.54) is 35.9 Å². The number of likely N-dealkylation sites (tertiary alicyclic amines) is 1. The highest BCUT2D eigenvalue weighted by molar-refractivity contribution is 8.18. The minimum atomic E-state index is -0.135. The zero-order valence-corrected chi connectivity index (χ0v) is 21.5. The van der Waals surface area contributed by atoms with Gasteiger partial charge in [0, 0.05) is 56.5 Å². The Kier molecular flexibility index (Phi) is 6.50. The molecule has 2 fully saturated rings. The van der Waals surface area contributed by atoms with Crippen molar-refractivity contribution in [2.75, 3.05) is 50.7 Å². The molecule has 0 unspecified atom stereocenters. The normalized spacial score (nSPS) is 20.1. The van der Waals surface area contributed by atoms with Gasteiger partial charge in [0.25, 0.3) is 5.91 Å². The van der Waals surface area contributed by atoms with Gasteiger partial charge in [-0.25, -0.2) is 0 Å². The molecule has 1 amide bonds. The van der Waals surface area contributed by atoms with Crippen LogP contribution in [-0.4, -0.2) is 71.7 Å². The third-order valence-electron chi connectivity index (χ3n) is 7.41. The lowest BCUT2D eigenvalue weighted by atomic mass is 9.99. The molecular formula is C29H31N5OS. The summed E-state index contributed by atoms with van der Waals surface area (Å²) in [6.07, 6.45) is 6.18. The molecule has 0 radical (unpaired) electrons. The molecule has 184 valence electrons. The number of hydrogen-bond donors (Lipinski definition) is 0. The third-order valence-corrected chi connectivity index (χ3v) is 8.46. The number of benzene rings is 2. The number of thioether (sulfide) groups is 1. The Morgan fingerprint density at radius 1 is 0.917 bits per heavy atom. The van der Waals surface area contributed by atoms with Crippen LogP contribution in [0.4, 0.5) is 5.69 Å². The van der Waals surface area contributed by atoms with Crippen LogP contribution >= 0.6 is 11.8 Å². The Labute approximate surface area is 216 Å². The molecule has 3 aliphatic rings. The second-order valence-corrected chi connectivity index (χ2v) is 10.6. The Hall–Kier alpha value is -3.16. The summed E-state index contributed by atoms with van der Waals surface area (Å²) >= 11 is 1.50. The van der Waals surface area contributed by atoms with Gasteiger partial charge in [-0.05, 0) is 84.2 Å². The van der Waals surface area contributed by atoms with Crippen molar-refractivity contribution < 1.29 is 4.79 Å². The van der Waals surface area contributed by atoms with E-state index in [0.717, 1.165) is 73.0 Å². The van der Waals surface area contributed by atoms with Crippen molar-refractivity contribution in [1.82, 2.24) is 14.8 Å². The van der Waals surface area contributed by atoms with E-state index in [4.69, 9.17) is 0 Å². The first-order chi connectivity index (χ1) is 17.7. The highest BCUT2D eigenvalue weighted by Gasteiger charge is 2.27.